The summed E-state index contributed by atoms with van der Waals surface area (Å²) in [5.41, 5.74) is 2.84. The molecule has 1 saturated heterocycles. The molecule has 6 heteroatoms. The van der Waals surface area contributed by atoms with Gasteiger partial charge in [-0.25, -0.2) is 4.99 Å². The number of hydrogen-bond acceptors (Lipinski definition) is 3. The summed E-state index contributed by atoms with van der Waals surface area (Å²) in [5, 5.41) is 4.07. The number of carbonyl (C=O) groups excluding carboxylic acids is 1. The van der Waals surface area contributed by atoms with E-state index in [1.54, 1.807) is 0 Å². The number of aliphatic imine (C=N–C) groups is 1. The Morgan fingerprint density at radius 2 is 2.07 bits per heavy atom. The van der Waals surface area contributed by atoms with Gasteiger partial charge in [0, 0.05) is 23.5 Å². The van der Waals surface area contributed by atoms with Crippen LogP contribution in [0.4, 0.5) is 5.69 Å². The van der Waals surface area contributed by atoms with Gasteiger partial charge >= 0.3 is 0 Å². The van der Waals surface area contributed by atoms with Crippen LogP contribution in [0.3, 0.4) is 0 Å². The van der Waals surface area contributed by atoms with Crippen LogP contribution in [0.15, 0.2) is 46.6 Å². The van der Waals surface area contributed by atoms with E-state index in [0.29, 0.717) is 21.1 Å². The molecule has 2 aromatic rings. The smallest absolute Gasteiger partial charge is 0.264 e. The van der Waals surface area contributed by atoms with Crippen molar-refractivity contribution in [1.82, 2.24) is 9.88 Å². The SMILES string of the molecule is Cc1ccc(Cl)cc1N=C1NC(=O)/C(=C\c2ccn(C3CCCCC3)c2)S1. The third-order valence-corrected chi connectivity index (χ3v) is 6.22. The zero-order valence-corrected chi connectivity index (χ0v) is 16.8. The molecule has 1 aromatic carbocycles. The summed E-state index contributed by atoms with van der Waals surface area (Å²) in [6, 6.07) is 8.24. The quantitative estimate of drug-likeness (QED) is 0.658. The Morgan fingerprint density at radius 3 is 2.89 bits per heavy atom. The fourth-order valence-corrected chi connectivity index (χ4v) is 4.57. The van der Waals surface area contributed by atoms with Crippen molar-refractivity contribution in [2.75, 3.05) is 0 Å². The van der Waals surface area contributed by atoms with Gasteiger partial charge in [0.15, 0.2) is 5.17 Å². The van der Waals surface area contributed by atoms with Gasteiger partial charge in [-0.2, -0.15) is 0 Å². The predicted octanol–water partition coefficient (Wildman–Crippen LogP) is 5.85. The van der Waals surface area contributed by atoms with Gasteiger partial charge in [0.25, 0.3) is 5.91 Å². The van der Waals surface area contributed by atoms with Gasteiger partial charge in [-0.1, -0.05) is 36.9 Å². The molecule has 1 aliphatic carbocycles. The lowest BCUT2D eigenvalue weighted by molar-refractivity contribution is -0.115. The molecule has 2 heterocycles. The van der Waals surface area contributed by atoms with Crippen molar-refractivity contribution in [1.29, 1.82) is 0 Å². The maximum Gasteiger partial charge on any atom is 0.264 e. The molecule has 0 bridgehead atoms. The number of amidine groups is 1. The Morgan fingerprint density at radius 1 is 1.26 bits per heavy atom. The van der Waals surface area contributed by atoms with E-state index >= 15 is 0 Å². The first kappa shape index (κ1) is 18.4. The Balaban J connectivity index is 1.51. The number of carbonyl (C=O) groups is 1. The van der Waals surface area contributed by atoms with Crippen LogP contribution in [0, 0.1) is 6.92 Å². The number of nitrogens with zero attached hydrogens (tertiary/aromatic N) is 2. The zero-order chi connectivity index (χ0) is 18.8. The first-order chi connectivity index (χ1) is 13.1. The molecule has 0 radical (unpaired) electrons. The standard InChI is InChI=1S/C21H22ClN3OS/c1-14-7-8-16(22)12-18(14)23-21-24-20(26)19(27-21)11-15-9-10-25(13-15)17-5-3-2-4-6-17/h7-13,17H,2-6H2,1H3,(H,23,24,26)/b19-11+. The normalized spacial score (nSPS) is 21.2. The van der Waals surface area contributed by atoms with Crippen LogP contribution in [-0.2, 0) is 4.79 Å². The first-order valence-corrected chi connectivity index (χ1v) is 10.5. The lowest BCUT2D eigenvalue weighted by Gasteiger charge is -2.23. The van der Waals surface area contributed by atoms with Crippen molar-refractivity contribution in [3.63, 3.8) is 0 Å². The van der Waals surface area contributed by atoms with Gasteiger partial charge in [0.2, 0.25) is 0 Å². The van der Waals surface area contributed by atoms with E-state index in [0.717, 1.165) is 16.8 Å². The highest BCUT2D eigenvalue weighted by molar-refractivity contribution is 8.18. The Labute approximate surface area is 168 Å². The number of benzene rings is 1. The van der Waals surface area contributed by atoms with Crippen molar-refractivity contribution in [2.24, 2.45) is 4.99 Å². The van der Waals surface area contributed by atoms with Crippen LogP contribution < -0.4 is 5.32 Å². The van der Waals surface area contributed by atoms with Gasteiger partial charge in [-0.3, -0.25) is 4.79 Å². The molecule has 1 aliphatic heterocycles. The predicted molar refractivity (Wildman–Crippen MR) is 114 cm³/mol. The molecule has 0 spiro atoms. The highest BCUT2D eigenvalue weighted by Gasteiger charge is 2.24. The monoisotopic (exact) mass is 399 g/mol. The van der Waals surface area contributed by atoms with Crippen LogP contribution in [0.1, 0.15) is 49.3 Å². The summed E-state index contributed by atoms with van der Waals surface area (Å²) in [6.07, 6.45) is 12.7. The van der Waals surface area contributed by atoms with Crippen molar-refractivity contribution < 1.29 is 4.79 Å². The fourth-order valence-electron chi connectivity index (χ4n) is 3.57. The van der Waals surface area contributed by atoms with Crippen molar-refractivity contribution in [3.8, 4) is 0 Å². The van der Waals surface area contributed by atoms with Gasteiger partial charge in [-0.05, 0) is 66.9 Å². The molecule has 1 amide bonds. The largest absolute Gasteiger partial charge is 0.351 e. The highest BCUT2D eigenvalue weighted by atomic mass is 35.5. The summed E-state index contributed by atoms with van der Waals surface area (Å²) < 4.78 is 2.30. The molecular weight excluding hydrogens is 378 g/mol. The minimum atomic E-state index is -0.108. The molecule has 4 nitrogen and oxygen atoms in total. The van der Waals surface area contributed by atoms with Gasteiger partial charge in [0.05, 0.1) is 10.6 Å². The summed E-state index contributed by atoms with van der Waals surface area (Å²) >= 11 is 7.42. The van der Waals surface area contributed by atoms with Gasteiger partial charge in [-0.15, -0.1) is 0 Å². The van der Waals surface area contributed by atoms with Crippen LogP contribution in [0.5, 0.6) is 0 Å². The third kappa shape index (κ3) is 4.30. The summed E-state index contributed by atoms with van der Waals surface area (Å²) in [6.45, 7) is 1.97. The molecule has 4 rings (SSSR count). The maximum absolute atomic E-state index is 12.3. The van der Waals surface area contributed by atoms with Gasteiger partial charge < -0.3 is 9.88 Å². The maximum atomic E-state index is 12.3. The fraction of sp³-hybridized carbons (Fsp3) is 0.333. The average molecular weight is 400 g/mol. The molecule has 1 aromatic heterocycles. The molecule has 1 saturated carbocycles. The Kier molecular flexibility index (Phi) is 5.41. The summed E-state index contributed by atoms with van der Waals surface area (Å²) in [5.74, 6) is -0.108. The third-order valence-electron chi connectivity index (χ3n) is 5.08. The molecular formula is C21H22ClN3OS. The number of hydrogen-bond donors (Lipinski definition) is 1. The first-order valence-electron chi connectivity index (χ1n) is 9.32. The van der Waals surface area contributed by atoms with Crippen molar-refractivity contribution in [3.05, 3.63) is 57.7 Å². The van der Waals surface area contributed by atoms with Crippen LogP contribution in [0.2, 0.25) is 5.02 Å². The molecule has 0 atom stereocenters. The number of nitrogens with one attached hydrogen (secondary N) is 1. The highest BCUT2D eigenvalue weighted by Crippen LogP contribution is 2.32. The average Bonchev–Trinajstić information content (AvgIpc) is 3.26. The number of rotatable bonds is 3. The van der Waals surface area contributed by atoms with Crippen molar-refractivity contribution in [2.45, 2.75) is 45.1 Å². The molecule has 27 heavy (non-hydrogen) atoms. The van der Waals surface area contributed by atoms with Gasteiger partial charge in [0.1, 0.15) is 0 Å². The number of amides is 1. The second-order valence-electron chi connectivity index (χ2n) is 7.10. The second-order valence-corrected chi connectivity index (χ2v) is 8.56. The molecule has 140 valence electrons. The summed E-state index contributed by atoms with van der Waals surface area (Å²) in [4.78, 5) is 17.5. The van der Waals surface area contributed by atoms with E-state index in [4.69, 9.17) is 11.6 Å². The van der Waals surface area contributed by atoms with E-state index in [1.807, 2.05) is 31.2 Å². The lowest BCUT2D eigenvalue weighted by Crippen LogP contribution is -2.19. The molecule has 1 N–H and O–H groups in total. The topological polar surface area (TPSA) is 46.4 Å². The van der Waals surface area contributed by atoms with Crippen LogP contribution in [-0.4, -0.2) is 15.6 Å². The summed E-state index contributed by atoms with van der Waals surface area (Å²) in [7, 11) is 0. The number of aryl methyl sites for hydroxylation is 1. The molecule has 2 fully saturated rings. The number of aromatic nitrogens is 1. The molecule has 0 unspecified atom stereocenters. The number of thioether (sulfide) groups is 1. The molecule has 2 aliphatic rings. The van der Waals surface area contributed by atoms with E-state index in [1.165, 1.54) is 43.9 Å². The lowest BCUT2D eigenvalue weighted by atomic mass is 9.95. The Hall–Kier alpha value is -1.98. The van der Waals surface area contributed by atoms with E-state index in [2.05, 4.69) is 33.3 Å². The minimum absolute atomic E-state index is 0.108. The van der Waals surface area contributed by atoms with Crippen molar-refractivity contribution >= 4 is 46.2 Å². The zero-order valence-electron chi connectivity index (χ0n) is 15.2. The van der Waals surface area contributed by atoms with E-state index in [-0.39, 0.29) is 5.91 Å². The number of halogens is 1. The van der Waals surface area contributed by atoms with Crippen LogP contribution >= 0.6 is 23.4 Å². The Bertz CT molecular complexity index is 925. The van der Waals surface area contributed by atoms with E-state index < -0.39 is 0 Å². The van der Waals surface area contributed by atoms with E-state index in [9.17, 15) is 4.79 Å². The van der Waals surface area contributed by atoms with Crippen LogP contribution in [0.25, 0.3) is 6.08 Å². The second kappa shape index (κ2) is 7.95. The minimum Gasteiger partial charge on any atom is -0.351 e.